The molecule has 155 valence electrons. The van der Waals surface area contributed by atoms with Crippen LogP contribution in [0.4, 0.5) is 0 Å². The SMILES string of the molecule is CCCCCCCCCCCCCCCCCC(=O)N(C)[C@@H](C)C(=O)O.[Na]. The Morgan fingerprint density at radius 2 is 1.07 bits per heavy atom. The fourth-order valence-electron chi connectivity index (χ4n) is 3.21. The van der Waals surface area contributed by atoms with Crippen molar-refractivity contribution >= 4 is 41.4 Å². The third kappa shape index (κ3) is 17.8. The van der Waals surface area contributed by atoms with Crippen molar-refractivity contribution in [1.82, 2.24) is 4.90 Å². The van der Waals surface area contributed by atoms with Crippen molar-refractivity contribution in [3.8, 4) is 0 Å². The molecule has 0 heterocycles. The monoisotopic (exact) mass is 392 g/mol. The van der Waals surface area contributed by atoms with Crippen LogP contribution >= 0.6 is 0 Å². The zero-order chi connectivity index (χ0) is 19.6. The van der Waals surface area contributed by atoms with Gasteiger partial charge in [0.25, 0.3) is 0 Å². The van der Waals surface area contributed by atoms with Crippen LogP contribution in [0.1, 0.15) is 117 Å². The van der Waals surface area contributed by atoms with Crippen LogP contribution in [-0.4, -0.2) is 64.5 Å². The van der Waals surface area contributed by atoms with Gasteiger partial charge in [-0.25, -0.2) is 4.79 Å². The molecule has 0 aromatic heterocycles. The van der Waals surface area contributed by atoms with Crippen molar-refractivity contribution in [2.75, 3.05) is 7.05 Å². The first-order chi connectivity index (χ1) is 12.5. The van der Waals surface area contributed by atoms with E-state index in [-0.39, 0.29) is 35.5 Å². The van der Waals surface area contributed by atoms with E-state index in [1.165, 1.54) is 88.4 Å². The van der Waals surface area contributed by atoms with E-state index in [1.807, 2.05) is 0 Å². The number of amides is 1. The molecule has 1 amide bonds. The molecule has 0 bridgehead atoms. The maximum absolute atomic E-state index is 11.9. The summed E-state index contributed by atoms with van der Waals surface area (Å²) in [7, 11) is 1.58. The molecule has 0 fully saturated rings. The second-order valence-electron chi connectivity index (χ2n) is 7.72. The maximum atomic E-state index is 11.9. The molecule has 0 unspecified atom stereocenters. The quantitative estimate of drug-likeness (QED) is 0.237. The second-order valence-corrected chi connectivity index (χ2v) is 7.72. The molecule has 0 aliphatic carbocycles. The van der Waals surface area contributed by atoms with Gasteiger partial charge < -0.3 is 10.0 Å². The van der Waals surface area contributed by atoms with Gasteiger partial charge in [0.05, 0.1) is 0 Å². The average molecular weight is 393 g/mol. The van der Waals surface area contributed by atoms with Gasteiger partial charge in [-0.3, -0.25) is 4.79 Å². The van der Waals surface area contributed by atoms with Gasteiger partial charge in [-0.2, -0.15) is 0 Å². The molecule has 1 N–H and O–H groups in total. The van der Waals surface area contributed by atoms with Gasteiger partial charge in [0.2, 0.25) is 5.91 Å². The van der Waals surface area contributed by atoms with Crippen LogP contribution in [0, 0.1) is 0 Å². The molecular formula is C22H43NNaO3. The predicted molar refractivity (Wildman–Crippen MR) is 115 cm³/mol. The summed E-state index contributed by atoms with van der Waals surface area (Å²) in [6.07, 6.45) is 20.0. The molecule has 5 heteroatoms. The van der Waals surface area contributed by atoms with Crippen LogP contribution in [0.25, 0.3) is 0 Å². The first-order valence-corrected chi connectivity index (χ1v) is 11.0. The third-order valence-electron chi connectivity index (χ3n) is 5.33. The number of carbonyl (C=O) groups excluding carboxylic acids is 1. The number of unbranched alkanes of at least 4 members (excludes halogenated alkanes) is 14. The number of aliphatic carboxylic acids is 1. The number of likely N-dealkylation sites (N-methyl/N-ethyl adjacent to an activating group) is 1. The maximum Gasteiger partial charge on any atom is 0.326 e. The van der Waals surface area contributed by atoms with E-state index in [1.54, 1.807) is 14.0 Å². The summed E-state index contributed by atoms with van der Waals surface area (Å²) in [5.41, 5.74) is 0. The van der Waals surface area contributed by atoms with E-state index < -0.39 is 12.0 Å². The van der Waals surface area contributed by atoms with E-state index >= 15 is 0 Å². The molecule has 0 saturated carbocycles. The summed E-state index contributed by atoms with van der Waals surface area (Å²) in [6.45, 7) is 3.81. The fourth-order valence-corrected chi connectivity index (χ4v) is 3.21. The van der Waals surface area contributed by atoms with E-state index in [9.17, 15) is 9.59 Å². The summed E-state index contributed by atoms with van der Waals surface area (Å²) >= 11 is 0. The largest absolute Gasteiger partial charge is 0.480 e. The normalized spacial score (nSPS) is 11.7. The molecule has 0 spiro atoms. The number of hydrogen-bond donors (Lipinski definition) is 1. The van der Waals surface area contributed by atoms with Crippen molar-refractivity contribution < 1.29 is 14.7 Å². The number of carboxylic acid groups (broad SMARTS) is 1. The average Bonchev–Trinajstić information content (AvgIpc) is 2.63. The molecule has 0 aliphatic rings. The number of carbonyl (C=O) groups is 2. The number of rotatable bonds is 18. The van der Waals surface area contributed by atoms with E-state index in [4.69, 9.17) is 5.11 Å². The Labute approximate surface area is 190 Å². The minimum atomic E-state index is -0.947. The van der Waals surface area contributed by atoms with E-state index in [0.29, 0.717) is 6.42 Å². The van der Waals surface area contributed by atoms with Gasteiger partial charge in [-0.1, -0.05) is 96.8 Å². The summed E-state index contributed by atoms with van der Waals surface area (Å²) < 4.78 is 0. The minimum Gasteiger partial charge on any atom is -0.480 e. The van der Waals surface area contributed by atoms with Crippen LogP contribution in [0.5, 0.6) is 0 Å². The third-order valence-corrected chi connectivity index (χ3v) is 5.33. The summed E-state index contributed by atoms with van der Waals surface area (Å²) in [5, 5.41) is 8.91. The molecule has 1 radical (unpaired) electrons. The van der Waals surface area contributed by atoms with Gasteiger partial charge in [0, 0.05) is 43.0 Å². The Balaban J connectivity index is 0. The Bertz CT molecular complexity index is 363. The number of carboxylic acids is 1. The first kappa shape index (κ1) is 29.1. The summed E-state index contributed by atoms with van der Waals surface area (Å²) in [6, 6.07) is -0.737. The fraction of sp³-hybridized carbons (Fsp3) is 0.909. The second kappa shape index (κ2) is 20.7. The van der Waals surface area contributed by atoms with Crippen molar-refractivity contribution in [2.24, 2.45) is 0 Å². The molecule has 0 rings (SSSR count). The van der Waals surface area contributed by atoms with Crippen molar-refractivity contribution in [1.29, 1.82) is 0 Å². The predicted octanol–water partition coefficient (Wildman–Crippen LogP) is 5.80. The van der Waals surface area contributed by atoms with Gasteiger partial charge in [0.1, 0.15) is 6.04 Å². The molecule has 27 heavy (non-hydrogen) atoms. The summed E-state index contributed by atoms with van der Waals surface area (Å²) in [4.78, 5) is 24.1. The van der Waals surface area contributed by atoms with E-state index in [2.05, 4.69) is 6.92 Å². The smallest absolute Gasteiger partial charge is 0.326 e. The molecule has 0 saturated heterocycles. The molecule has 4 nitrogen and oxygen atoms in total. The van der Waals surface area contributed by atoms with E-state index in [0.717, 1.165) is 12.8 Å². The zero-order valence-electron chi connectivity index (χ0n) is 18.6. The Hall–Kier alpha value is -0.0600. The van der Waals surface area contributed by atoms with Crippen molar-refractivity contribution in [2.45, 2.75) is 123 Å². The van der Waals surface area contributed by atoms with Crippen LogP contribution < -0.4 is 0 Å². The van der Waals surface area contributed by atoms with Crippen LogP contribution in [-0.2, 0) is 9.59 Å². The van der Waals surface area contributed by atoms with Crippen molar-refractivity contribution in [3.63, 3.8) is 0 Å². The molecule has 0 aromatic rings. The van der Waals surface area contributed by atoms with Gasteiger partial charge in [-0.05, 0) is 13.3 Å². The van der Waals surface area contributed by atoms with Crippen molar-refractivity contribution in [3.05, 3.63) is 0 Å². The molecule has 0 aliphatic heterocycles. The zero-order valence-corrected chi connectivity index (χ0v) is 20.6. The Kier molecular flexibility index (Phi) is 22.3. The number of hydrogen-bond acceptors (Lipinski definition) is 2. The number of nitrogens with zero attached hydrogens (tertiary/aromatic N) is 1. The molecule has 0 aromatic carbocycles. The minimum absolute atomic E-state index is 0. The topological polar surface area (TPSA) is 57.6 Å². The summed E-state index contributed by atoms with van der Waals surface area (Å²) in [5.74, 6) is -1.01. The van der Waals surface area contributed by atoms with Gasteiger partial charge in [-0.15, -0.1) is 0 Å². The standard InChI is InChI=1S/C22H43NO3.Na/c1-4-5-6-7-8-9-10-11-12-13-14-15-16-17-18-19-21(24)23(3)20(2)22(25)26;/h20H,4-19H2,1-3H3,(H,25,26);/t20-;/m0./s1. The molecule has 1 atom stereocenters. The van der Waals surface area contributed by atoms with Crippen LogP contribution in [0.2, 0.25) is 0 Å². The van der Waals surface area contributed by atoms with Gasteiger partial charge >= 0.3 is 5.97 Å². The first-order valence-electron chi connectivity index (χ1n) is 11.0. The van der Waals surface area contributed by atoms with Crippen LogP contribution in [0.15, 0.2) is 0 Å². The Morgan fingerprint density at radius 3 is 1.41 bits per heavy atom. The molecular weight excluding hydrogens is 349 g/mol. The Morgan fingerprint density at radius 1 is 0.741 bits per heavy atom. The van der Waals surface area contributed by atoms with Crippen LogP contribution in [0.3, 0.4) is 0 Å². The van der Waals surface area contributed by atoms with Gasteiger partial charge in [0.15, 0.2) is 0 Å².